The van der Waals surface area contributed by atoms with Crippen molar-refractivity contribution in [2.24, 2.45) is 0 Å². The summed E-state index contributed by atoms with van der Waals surface area (Å²) in [5.74, 6) is 0.692. The molecule has 0 spiro atoms. The Labute approximate surface area is 148 Å². The summed E-state index contributed by atoms with van der Waals surface area (Å²) in [6, 6.07) is 5.81. The Morgan fingerprint density at radius 3 is 2.67 bits per heavy atom. The lowest BCUT2D eigenvalue weighted by molar-refractivity contribution is 0.0275. The highest BCUT2D eigenvalue weighted by molar-refractivity contribution is 7.80. The Morgan fingerprint density at radius 2 is 2.04 bits per heavy atom. The number of likely N-dealkylation sites (tertiary alicyclic amines) is 1. The molecular weight excluding hydrogens is 326 g/mol. The molecule has 0 N–H and O–H groups in total. The molecule has 1 aliphatic rings. The maximum absolute atomic E-state index is 12.1. The van der Waals surface area contributed by atoms with Crippen LogP contribution < -0.4 is 4.74 Å². The minimum Gasteiger partial charge on any atom is -0.488 e. The summed E-state index contributed by atoms with van der Waals surface area (Å²) < 4.78 is 16.7. The molecule has 5 nitrogen and oxygen atoms in total. The first-order chi connectivity index (χ1) is 11.2. The van der Waals surface area contributed by atoms with Crippen LogP contribution in [0.1, 0.15) is 38.3 Å². The number of aryl methyl sites for hydroxylation is 1. The van der Waals surface area contributed by atoms with Crippen molar-refractivity contribution < 1.29 is 19.0 Å². The fourth-order valence-corrected chi connectivity index (χ4v) is 2.67. The van der Waals surface area contributed by atoms with E-state index in [0.29, 0.717) is 23.9 Å². The van der Waals surface area contributed by atoms with Gasteiger partial charge in [-0.2, -0.15) is 0 Å². The number of carbonyl (C=O) groups excluding carboxylic acids is 1. The van der Waals surface area contributed by atoms with Crippen molar-refractivity contribution in [2.75, 3.05) is 20.2 Å². The molecule has 1 amide bonds. The number of hydrogen-bond donors (Lipinski definition) is 0. The maximum atomic E-state index is 12.1. The molecule has 24 heavy (non-hydrogen) atoms. The van der Waals surface area contributed by atoms with Gasteiger partial charge in [-0.25, -0.2) is 4.79 Å². The average Bonchev–Trinajstić information content (AvgIpc) is 2.93. The molecule has 1 fully saturated rings. The number of nitrogens with zero attached hydrogens (tertiary/aromatic N) is 1. The number of rotatable bonds is 3. The van der Waals surface area contributed by atoms with E-state index in [1.54, 1.807) is 12.0 Å². The number of ether oxygens (including phenoxy) is 3. The minimum absolute atomic E-state index is 0.0854. The van der Waals surface area contributed by atoms with Crippen LogP contribution in [0.15, 0.2) is 18.2 Å². The summed E-state index contributed by atoms with van der Waals surface area (Å²) in [7, 11) is 1.55. The second-order valence-electron chi connectivity index (χ2n) is 6.95. The molecule has 1 atom stereocenters. The van der Waals surface area contributed by atoms with Crippen LogP contribution in [0, 0.1) is 6.92 Å². The SMILES string of the molecule is COC(=S)c1ccc(C)cc1O[C@H]1CCN(C(=O)OC(C)(C)C)C1. The van der Waals surface area contributed by atoms with Crippen molar-refractivity contribution in [2.45, 2.75) is 45.8 Å². The standard InChI is InChI=1S/C18H25NO4S/c1-12-6-7-14(16(24)21-5)15(10-12)22-13-8-9-19(11-13)17(20)23-18(2,3)4/h6-7,10,13H,8-9,11H2,1-5H3/t13-/m0/s1. The number of hydrogen-bond acceptors (Lipinski definition) is 5. The molecular formula is C18H25NO4S. The molecule has 1 saturated heterocycles. The van der Waals surface area contributed by atoms with Gasteiger partial charge in [-0.15, -0.1) is 0 Å². The van der Waals surface area contributed by atoms with E-state index >= 15 is 0 Å². The summed E-state index contributed by atoms with van der Waals surface area (Å²) in [6.45, 7) is 8.70. The van der Waals surface area contributed by atoms with Gasteiger partial charge < -0.3 is 19.1 Å². The summed E-state index contributed by atoms with van der Waals surface area (Å²) in [5.41, 5.74) is 1.34. The molecule has 1 aromatic carbocycles. The van der Waals surface area contributed by atoms with Gasteiger partial charge in [0.25, 0.3) is 0 Å². The van der Waals surface area contributed by atoms with Crippen LogP contribution in [0.5, 0.6) is 5.75 Å². The molecule has 132 valence electrons. The van der Waals surface area contributed by atoms with Crippen LogP contribution in [-0.2, 0) is 9.47 Å². The van der Waals surface area contributed by atoms with Gasteiger partial charge in [0.15, 0.2) is 5.05 Å². The van der Waals surface area contributed by atoms with E-state index in [9.17, 15) is 4.79 Å². The van der Waals surface area contributed by atoms with Gasteiger partial charge in [0, 0.05) is 13.0 Å². The number of carbonyl (C=O) groups is 1. The van der Waals surface area contributed by atoms with Gasteiger partial charge in [-0.1, -0.05) is 6.07 Å². The average molecular weight is 351 g/mol. The third-order valence-corrected chi connectivity index (χ3v) is 4.02. The van der Waals surface area contributed by atoms with E-state index in [2.05, 4.69) is 0 Å². The Balaban J connectivity index is 2.04. The zero-order valence-electron chi connectivity index (χ0n) is 14.9. The molecule has 1 aromatic rings. The topological polar surface area (TPSA) is 48.0 Å². The number of benzene rings is 1. The molecule has 0 saturated carbocycles. The van der Waals surface area contributed by atoms with Crippen LogP contribution >= 0.6 is 12.2 Å². The zero-order valence-corrected chi connectivity index (χ0v) is 15.7. The first kappa shape index (κ1) is 18.5. The molecule has 0 aliphatic carbocycles. The van der Waals surface area contributed by atoms with Gasteiger partial charge in [0.05, 0.1) is 19.2 Å². The molecule has 0 radical (unpaired) electrons. The lowest BCUT2D eigenvalue weighted by Crippen LogP contribution is -2.36. The Bertz CT molecular complexity index is 624. The van der Waals surface area contributed by atoms with Crippen LogP contribution in [0.4, 0.5) is 4.79 Å². The lowest BCUT2D eigenvalue weighted by atomic mass is 10.1. The molecule has 0 unspecified atom stereocenters. The molecule has 0 aromatic heterocycles. The van der Waals surface area contributed by atoms with Crippen molar-refractivity contribution >= 4 is 23.4 Å². The third kappa shape index (κ3) is 4.84. The summed E-state index contributed by atoms with van der Waals surface area (Å²) in [4.78, 5) is 13.8. The largest absolute Gasteiger partial charge is 0.488 e. The zero-order chi connectivity index (χ0) is 17.9. The monoisotopic (exact) mass is 351 g/mol. The summed E-state index contributed by atoms with van der Waals surface area (Å²) in [6.07, 6.45) is 0.370. The second-order valence-corrected chi connectivity index (χ2v) is 7.32. The van der Waals surface area contributed by atoms with E-state index in [-0.39, 0.29) is 12.2 Å². The summed E-state index contributed by atoms with van der Waals surface area (Å²) >= 11 is 5.23. The highest BCUT2D eigenvalue weighted by atomic mass is 32.1. The predicted octanol–water partition coefficient (Wildman–Crippen LogP) is 3.71. The highest BCUT2D eigenvalue weighted by Gasteiger charge is 2.31. The Morgan fingerprint density at radius 1 is 1.33 bits per heavy atom. The van der Waals surface area contributed by atoms with Crippen molar-refractivity contribution in [3.8, 4) is 5.75 Å². The van der Waals surface area contributed by atoms with E-state index in [4.69, 9.17) is 26.4 Å². The third-order valence-electron chi connectivity index (χ3n) is 3.63. The Hall–Kier alpha value is -1.82. The molecule has 0 bridgehead atoms. The number of thiocarbonyl (C=S) groups is 1. The van der Waals surface area contributed by atoms with Gasteiger partial charge in [0.2, 0.25) is 0 Å². The van der Waals surface area contributed by atoms with Crippen molar-refractivity contribution in [1.82, 2.24) is 4.90 Å². The van der Waals surface area contributed by atoms with Gasteiger partial charge in [-0.3, -0.25) is 0 Å². The van der Waals surface area contributed by atoms with Gasteiger partial charge in [0.1, 0.15) is 17.5 Å². The first-order valence-corrected chi connectivity index (χ1v) is 8.44. The Kier molecular flexibility index (Phi) is 5.70. The van der Waals surface area contributed by atoms with E-state index in [1.165, 1.54) is 0 Å². The lowest BCUT2D eigenvalue weighted by Gasteiger charge is -2.24. The summed E-state index contributed by atoms with van der Waals surface area (Å²) in [5, 5.41) is 0.395. The highest BCUT2D eigenvalue weighted by Crippen LogP contribution is 2.26. The fraction of sp³-hybridized carbons (Fsp3) is 0.556. The first-order valence-electron chi connectivity index (χ1n) is 8.03. The normalized spacial score (nSPS) is 17.5. The van der Waals surface area contributed by atoms with Gasteiger partial charge in [-0.05, 0) is 57.6 Å². The quantitative estimate of drug-likeness (QED) is 0.777. The fourth-order valence-electron chi connectivity index (χ4n) is 2.50. The van der Waals surface area contributed by atoms with Crippen LogP contribution in [-0.4, -0.2) is 47.9 Å². The minimum atomic E-state index is -0.496. The van der Waals surface area contributed by atoms with Crippen LogP contribution in [0.25, 0.3) is 0 Å². The van der Waals surface area contributed by atoms with Gasteiger partial charge >= 0.3 is 6.09 Å². The number of methoxy groups -OCH3 is 1. The van der Waals surface area contributed by atoms with Crippen molar-refractivity contribution in [3.05, 3.63) is 29.3 Å². The maximum Gasteiger partial charge on any atom is 0.410 e. The molecule has 2 rings (SSSR count). The molecule has 6 heteroatoms. The van der Waals surface area contributed by atoms with E-state index in [1.807, 2.05) is 45.9 Å². The van der Waals surface area contributed by atoms with E-state index < -0.39 is 5.60 Å². The van der Waals surface area contributed by atoms with Crippen LogP contribution in [0.2, 0.25) is 0 Å². The molecule has 1 aliphatic heterocycles. The van der Waals surface area contributed by atoms with E-state index in [0.717, 1.165) is 17.5 Å². The van der Waals surface area contributed by atoms with Crippen LogP contribution in [0.3, 0.4) is 0 Å². The van der Waals surface area contributed by atoms with Crippen molar-refractivity contribution in [1.29, 1.82) is 0 Å². The molecule has 1 heterocycles. The second kappa shape index (κ2) is 7.38. The number of amides is 1. The predicted molar refractivity (Wildman–Crippen MR) is 96.7 cm³/mol. The van der Waals surface area contributed by atoms with Crippen molar-refractivity contribution in [3.63, 3.8) is 0 Å². The smallest absolute Gasteiger partial charge is 0.410 e.